The maximum Gasteiger partial charge on any atom is 0.253 e. The Morgan fingerprint density at radius 1 is 1.12 bits per heavy atom. The van der Waals surface area contributed by atoms with E-state index in [0.717, 1.165) is 50.3 Å². The molecule has 2 N–H and O–H groups in total. The lowest BCUT2D eigenvalue weighted by Gasteiger charge is -2.27. The van der Waals surface area contributed by atoms with Crippen molar-refractivity contribution in [2.45, 2.75) is 26.2 Å². The summed E-state index contributed by atoms with van der Waals surface area (Å²) in [7, 11) is 3.22. The smallest absolute Gasteiger partial charge is 0.253 e. The van der Waals surface area contributed by atoms with E-state index < -0.39 is 5.82 Å². The van der Waals surface area contributed by atoms with E-state index in [2.05, 4.69) is 20.6 Å². The average molecular weight is 574 g/mol. The van der Waals surface area contributed by atoms with E-state index in [1.165, 1.54) is 13.2 Å². The normalized spacial score (nSPS) is 13.3. The van der Waals surface area contributed by atoms with Crippen molar-refractivity contribution >= 4 is 29.0 Å². The number of hydrogen-bond donors (Lipinski definition) is 2. The highest BCUT2D eigenvalue weighted by molar-refractivity contribution is 5.96. The molecule has 0 spiro atoms. The fourth-order valence-electron chi connectivity index (χ4n) is 5.17. The molecule has 42 heavy (non-hydrogen) atoms. The van der Waals surface area contributed by atoms with Crippen LogP contribution in [0.2, 0.25) is 0 Å². The topological polar surface area (TPSA) is 104 Å². The summed E-state index contributed by atoms with van der Waals surface area (Å²) in [6.45, 7) is 5.71. The summed E-state index contributed by atoms with van der Waals surface area (Å²) in [6, 6.07) is 10.3. The van der Waals surface area contributed by atoms with Gasteiger partial charge in [-0.15, -0.1) is 0 Å². The van der Waals surface area contributed by atoms with Crippen molar-refractivity contribution in [2.75, 3.05) is 52.2 Å². The summed E-state index contributed by atoms with van der Waals surface area (Å²) in [6.07, 6.45) is 7.13. The summed E-state index contributed by atoms with van der Waals surface area (Å²) < 4.78 is 21.2. The Morgan fingerprint density at radius 3 is 2.67 bits per heavy atom. The van der Waals surface area contributed by atoms with Crippen LogP contribution in [-0.4, -0.2) is 82.9 Å². The van der Waals surface area contributed by atoms with Crippen molar-refractivity contribution in [2.24, 2.45) is 0 Å². The summed E-state index contributed by atoms with van der Waals surface area (Å²) >= 11 is 0. The lowest BCUT2D eigenvalue weighted by Crippen LogP contribution is -2.46. The first-order chi connectivity index (χ1) is 20.4. The average Bonchev–Trinajstić information content (AvgIpc) is 3.44. The summed E-state index contributed by atoms with van der Waals surface area (Å²) in [5.41, 5.74) is 4.17. The van der Waals surface area contributed by atoms with Gasteiger partial charge < -0.3 is 25.2 Å². The number of carbonyl (C=O) groups is 2. The maximum absolute atomic E-state index is 14.3. The molecule has 2 aromatic heterocycles. The Labute approximate surface area is 244 Å². The molecule has 0 aliphatic carbocycles. The maximum atomic E-state index is 14.3. The number of fused-ring (bicyclic) bond motifs is 1. The number of unbranched alkanes of at least 4 members (excludes halogenated alkanes) is 1. The SMILES string of the molecule is COc1ccc(-c2cnc3c(Nc4ccc(C(=O)N(C)CCCCC(=O)N5CCNCC5)c(C)c4)nccn23)cc1F. The number of aryl methyl sites for hydroxylation is 1. The van der Waals surface area contributed by atoms with Gasteiger partial charge in [0, 0.05) is 75.4 Å². The van der Waals surface area contributed by atoms with Crippen molar-refractivity contribution in [1.29, 1.82) is 0 Å². The van der Waals surface area contributed by atoms with Gasteiger partial charge in [-0.25, -0.2) is 14.4 Å². The van der Waals surface area contributed by atoms with Crippen LogP contribution in [0.4, 0.5) is 15.9 Å². The number of methoxy groups -OCH3 is 1. The number of carbonyl (C=O) groups excluding carboxylic acids is 2. The van der Waals surface area contributed by atoms with E-state index in [-0.39, 0.29) is 17.6 Å². The molecule has 1 fully saturated rings. The zero-order valence-electron chi connectivity index (χ0n) is 24.2. The Bertz CT molecular complexity index is 1580. The van der Waals surface area contributed by atoms with Crippen LogP contribution in [-0.2, 0) is 4.79 Å². The second kappa shape index (κ2) is 13.0. The van der Waals surface area contributed by atoms with Crippen LogP contribution in [0.25, 0.3) is 16.9 Å². The standard InChI is InChI=1S/C31H36FN7O3/c1-21-18-23(8-9-24(21)31(41)37(2)14-5-4-6-28(40)38-15-11-33-12-16-38)36-29-30-35-20-26(39(30)17-13-34-29)22-7-10-27(42-3)25(32)19-22/h7-10,13,17-20,33H,4-6,11-12,14-16H2,1-3H3,(H,34,36). The van der Waals surface area contributed by atoms with Crippen molar-refractivity contribution in [3.05, 3.63) is 71.9 Å². The van der Waals surface area contributed by atoms with Gasteiger partial charge in [0.25, 0.3) is 5.91 Å². The third-order valence-electron chi connectivity index (χ3n) is 7.55. The summed E-state index contributed by atoms with van der Waals surface area (Å²) in [5.74, 6) is 0.392. The largest absolute Gasteiger partial charge is 0.494 e. The number of anilines is 2. The first-order valence-electron chi connectivity index (χ1n) is 14.1. The molecule has 0 atom stereocenters. The number of piperazine rings is 1. The molecule has 3 heterocycles. The molecule has 1 aliphatic heterocycles. The van der Waals surface area contributed by atoms with E-state index >= 15 is 0 Å². The number of rotatable bonds is 10. The highest BCUT2D eigenvalue weighted by Gasteiger charge is 2.18. The number of nitrogens with zero attached hydrogens (tertiary/aromatic N) is 5. The fraction of sp³-hybridized carbons (Fsp3) is 0.355. The van der Waals surface area contributed by atoms with Crippen LogP contribution in [0.3, 0.4) is 0 Å². The van der Waals surface area contributed by atoms with Gasteiger partial charge in [-0.1, -0.05) is 0 Å². The van der Waals surface area contributed by atoms with Crippen molar-refractivity contribution in [3.8, 4) is 17.0 Å². The third-order valence-corrected chi connectivity index (χ3v) is 7.55. The molecule has 1 aliphatic rings. The number of halogens is 1. The Morgan fingerprint density at radius 2 is 1.93 bits per heavy atom. The molecule has 2 aromatic carbocycles. The molecular formula is C31H36FN7O3. The van der Waals surface area contributed by atoms with Crippen molar-refractivity contribution < 1.29 is 18.7 Å². The molecule has 0 saturated carbocycles. The zero-order valence-corrected chi connectivity index (χ0v) is 24.2. The summed E-state index contributed by atoms with van der Waals surface area (Å²) in [4.78, 5) is 38.1. The molecule has 5 rings (SSSR count). The van der Waals surface area contributed by atoms with Gasteiger partial charge in [0.2, 0.25) is 5.91 Å². The van der Waals surface area contributed by atoms with Crippen LogP contribution < -0.4 is 15.4 Å². The Hall–Kier alpha value is -4.51. The Kier molecular flexibility index (Phi) is 8.97. The highest BCUT2D eigenvalue weighted by Crippen LogP contribution is 2.29. The molecule has 0 bridgehead atoms. The lowest BCUT2D eigenvalue weighted by molar-refractivity contribution is -0.131. The molecule has 1 saturated heterocycles. The molecular weight excluding hydrogens is 537 g/mol. The van der Waals surface area contributed by atoms with Gasteiger partial charge in [-0.05, 0) is 61.7 Å². The number of amides is 2. The first-order valence-corrected chi connectivity index (χ1v) is 14.1. The second-order valence-corrected chi connectivity index (χ2v) is 10.4. The van der Waals surface area contributed by atoms with E-state index in [1.54, 1.807) is 42.7 Å². The quantitative estimate of drug-likeness (QED) is 0.273. The number of aromatic nitrogens is 3. The molecule has 11 heteroatoms. The molecule has 0 unspecified atom stereocenters. The van der Waals surface area contributed by atoms with E-state index in [9.17, 15) is 14.0 Å². The van der Waals surface area contributed by atoms with Gasteiger partial charge in [0.15, 0.2) is 23.0 Å². The second-order valence-electron chi connectivity index (χ2n) is 10.4. The van der Waals surface area contributed by atoms with Crippen LogP contribution >= 0.6 is 0 Å². The monoisotopic (exact) mass is 573 g/mol. The minimum atomic E-state index is -0.450. The molecule has 10 nitrogen and oxygen atoms in total. The van der Waals surface area contributed by atoms with E-state index in [1.807, 2.05) is 34.4 Å². The van der Waals surface area contributed by atoms with Crippen molar-refractivity contribution in [1.82, 2.24) is 29.5 Å². The Balaban J connectivity index is 1.21. The number of nitrogens with one attached hydrogen (secondary N) is 2. The number of benzene rings is 2. The van der Waals surface area contributed by atoms with Crippen LogP contribution in [0.15, 0.2) is 55.0 Å². The number of imidazole rings is 1. The van der Waals surface area contributed by atoms with Crippen molar-refractivity contribution in [3.63, 3.8) is 0 Å². The zero-order chi connectivity index (χ0) is 29.6. The fourth-order valence-corrected chi connectivity index (χ4v) is 5.17. The molecule has 220 valence electrons. The minimum absolute atomic E-state index is 0.0580. The molecule has 2 amide bonds. The van der Waals surface area contributed by atoms with Gasteiger partial charge >= 0.3 is 0 Å². The van der Waals surface area contributed by atoms with Gasteiger partial charge in [-0.2, -0.15) is 0 Å². The number of hydrogen-bond acceptors (Lipinski definition) is 7. The summed E-state index contributed by atoms with van der Waals surface area (Å²) in [5, 5.41) is 6.56. The third kappa shape index (κ3) is 6.36. The van der Waals surface area contributed by atoms with Crippen LogP contribution in [0.1, 0.15) is 35.2 Å². The minimum Gasteiger partial charge on any atom is -0.494 e. The van der Waals surface area contributed by atoms with Crippen LogP contribution in [0.5, 0.6) is 5.75 Å². The van der Waals surface area contributed by atoms with E-state index in [0.29, 0.717) is 41.3 Å². The predicted molar refractivity (Wildman–Crippen MR) is 160 cm³/mol. The van der Waals surface area contributed by atoms with E-state index in [4.69, 9.17) is 4.74 Å². The predicted octanol–water partition coefficient (Wildman–Crippen LogP) is 4.27. The van der Waals surface area contributed by atoms with Gasteiger partial charge in [0.1, 0.15) is 0 Å². The molecule has 4 aromatic rings. The lowest BCUT2D eigenvalue weighted by atomic mass is 10.1. The number of ether oxygens (including phenoxy) is 1. The highest BCUT2D eigenvalue weighted by atomic mass is 19.1. The van der Waals surface area contributed by atoms with Crippen LogP contribution in [0, 0.1) is 12.7 Å². The first kappa shape index (κ1) is 29.0. The van der Waals surface area contributed by atoms with Gasteiger partial charge in [0.05, 0.1) is 19.0 Å². The van der Waals surface area contributed by atoms with Gasteiger partial charge in [-0.3, -0.25) is 14.0 Å². The molecule has 0 radical (unpaired) electrons.